The Hall–Kier alpha value is -1.10. The number of hydrogen-bond donors (Lipinski definition) is 1. The molecule has 1 heterocycles. The predicted molar refractivity (Wildman–Crippen MR) is 50.7 cm³/mol. The van der Waals surface area contributed by atoms with Crippen LogP contribution in [0.1, 0.15) is 13.3 Å². The van der Waals surface area contributed by atoms with Crippen molar-refractivity contribution in [2.24, 2.45) is 0 Å². The van der Waals surface area contributed by atoms with E-state index in [0.717, 1.165) is 6.54 Å². The van der Waals surface area contributed by atoms with Crippen LogP contribution in [0.25, 0.3) is 0 Å². The number of ether oxygens (including phenoxy) is 1. The van der Waals surface area contributed by atoms with Gasteiger partial charge in [-0.05, 0) is 6.92 Å². The fourth-order valence-electron chi connectivity index (χ4n) is 1.47. The molecular weight excluding hydrogens is 184 g/mol. The minimum absolute atomic E-state index is 0.0288. The second-order valence-corrected chi connectivity index (χ2v) is 3.33. The zero-order valence-corrected chi connectivity index (χ0v) is 8.58. The lowest BCUT2D eigenvalue weighted by atomic mass is 10.2. The van der Waals surface area contributed by atoms with E-state index < -0.39 is 0 Å². The van der Waals surface area contributed by atoms with Crippen molar-refractivity contribution in [3.05, 3.63) is 0 Å². The van der Waals surface area contributed by atoms with Crippen molar-refractivity contribution in [1.82, 2.24) is 10.2 Å². The Labute approximate surface area is 83.4 Å². The first-order valence-corrected chi connectivity index (χ1v) is 4.73. The van der Waals surface area contributed by atoms with E-state index in [2.05, 4.69) is 10.1 Å². The lowest BCUT2D eigenvalue weighted by Crippen LogP contribution is -2.54. The number of hydrogen-bond acceptors (Lipinski definition) is 4. The lowest BCUT2D eigenvalue weighted by molar-refractivity contribution is -0.142. The summed E-state index contributed by atoms with van der Waals surface area (Å²) in [7, 11) is 1.37. The number of nitrogens with one attached hydrogen (secondary N) is 1. The van der Waals surface area contributed by atoms with Crippen LogP contribution >= 0.6 is 0 Å². The van der Waals surface area contributed by atoms with Gasteiger partial charge in [-0.2, -0.15) is 0 Å². The molecule has 0 spiro atoms. The number of carbonyl (C=O) groups is 2. The first kappa shape index (κ1) is 11.0. The van der Waals surface area contributed by atoms with E-state index in [1.165, 1.54) is 7.11 Å². The van der Waals surface area contributed by atoms with Gasteiger partial charge in [0.15, 0.2) is 0 Å². The molecule has 0 aromatic carbocycles. The summed E-state index contributed by atoms with van der Waals surface area (Å²) in [5.74, 6) is -0.204. The number of piperazine rings is 1. The molecule has 0 aromatic rings. The smallest absolute Gasteiger partial charge is 0.306 e. The van der Waals surface area contributed by atoms with Crippen molar-refractivity contribution >= 4 is 11.9 Å². The number of rotatable bonds is 3. The van der Waals surface area contributed by atoms with E-state index >= 15 is 0 Å². The first-order chi connectivity index (χ1) is 6.65. The average molecular weight is 200 g/mol. The molecular formula is C9H16N2O3. The van der Waals surface area contributed by atoms with Crippen LogP contribution in [0, 0.1) is 0 Å². The molecule has 0 aliphatic carbocycles. The molecule has 1 N–H and O–H groups in total. The summed E-state index contributed by atoms with van der Waals surface area (Å²) in [6.07, 6.45) is 0.341. The van der Waals surface area contributed by atoms with Crippen LogP contribution in [0.4, 0.5) is 0 Å². The largest absolute Gasteiger partial charge is 0.469 e. The molecule has 5 nitrogen and oxygen atoms in total. The third-order valence-corrected chi connectivity index (χ3v) is 2.46. The number of amides is 1. The normalized spacial score (nSPS) is 23.0. The van der Waals surface area contributed by atoms with Crippen molar-refractivity contribution in [3.63, 3.8) is 0 Å². The lowest BCUT2D eigenvalue weighted by Gasteiger charge is -2.32. The number of nitrogens with zero attached hydrogens (tertiary/aromatic N) is 1. The summed E-state index contributed by atoms with van der Waals surface area (Å²) in [6, 6.07) is -0.145. The summed E-state index contributed by atoms with van der Waals surface area (Å²) in [6.45, 7) is 3.88. The van der Waals surface area contributed by atoms with Gasteiger partial charge in [-0.3, -0.25) is 14.5 Å². The molecule has 1 amide bonds. The van der Waals surface area contributed by atoms with Crippen molar-refractivity contribution in [2.75, 3.05) is 26.7 Å². The monoisotopic (exact) mass is 200 g/mol. The Bertz CT molecular complexity index is 230. The van der Waals surface area contributed by atoms with Crippen LogP contribution in [0.3, 0.4) is 0 Å². The SMILES string of the molecule is COC(=O)CCN1CCNC(=O)C1C. The fourth-order valence-corrected chi connectivity index (χ4v) is 1.47. The fraction of sp³-hybridized carbons (Fsp3) is 0.778. The first-order valence-electron chi connectivity index (χ1n) is 4.73. The maximum absolute atomic E-state index is 11.2. The molecule has 1 aliphatic rings. The number of methoxy groups -OCH3 is 1. The van der Waals surface area contributed by atoms with E-state index in [1.54, 1.807) is 0 Å². The van der Waals surface area contributed by atoms with Gasteiger partial charge in [-0.1, -0.05) is 0 Å². The summed E-state index contributed by atoms with van der Waals surface area (Å²) in [5, 5.41) is 2.77. The second kappa shape index (κ2) is 4.95. The minimum Gasteiger partial charge on any atom is -0.469 e. The van der Waals surface area contributed by atoms with Crippen LogP contribution in [0.15, 0.2) is 0 Å². The standard InChI is InChI=1S/C9H16N2O3/c1-7-9(13)10-4-6-11(7)5-3-8(12)14-2/h7H,3-6H2,1-2H3,(H,10,13). The highest BCUT2D eigenvalue weighted by Gasteiger charge is 2.25. The van der Waals surface area contributed by atoms with Gasteiger partial charge in [-0.25, -0.2) is 0 Å². The predicted octanol–water partition coefficient (Wildman–Crippen LogP) is -0.630. The van der Waals surface area contributed by atoms with Gasteiger partial charge in [0.1, 0.15) is 0 Å². The maximum atomic E-state index is 11.2. The van der Waals surface area contributed by atoms with Crippen molar-refractivity contribution in [2.45, 2.75) is 19.4 Å². The summed E-state index contributed by atoms with van der Waals surface area (Å²) in [5.41, 5.74) is 0. The van der Waals surface area contributed by atoms with Crippen LogP contribution in [-0.4, -0.2) is 49.6 Å². The molecule has 14 heavy (non-hydrogen) atoms. The van der Waals surface area contributed by atoms with Gasteiger partial charge < -0.3 is 10.1 Å². The number of esters is 1. The second-order valence-electron chi connectivity index (χ2n) is 3.33. The van der Waals surface area contributed by atoms with E-state index in [9.17, 15) is 9.59 Å². The van der Waals surface area contributed by atoms with E-state index in [0.29, 0.717) is 19.5 Å². The molecule has 1 atom stereocenters. The highest BCUT2D eigenvalue weighted by atomic mass is 16.5. The van der Waals surface area contributed by atoms with E-state index in [1.807, 2.05) is 11.8 Å². The van der Waals surface area contributed by atoms with Gasteiger partial charge in [0.05, 0.1) is 19.6 Å². The van der Waals surface area contributed by atoms with Crippen LogP contribution in [0.5, 0.6) is 0 Å². The third-order valence-electron chi connectivity index (χ3n) is 2.46. The molecule has 1 unspecified atom stereocenters. The minimum atomic E-state index is -0.233. The van der Waals surface area contributed by atoms with Crippen molar-refractivity contribution in [3.8, 4) is 0 Å². The van der Waals surface area contributed by atoms with Crippen molar-refractivity contribution in [1.29, 1.82) is 0 Å². The van der Waals surface area contributed by atoms with Gasteiger partial charge in [0, 0.05) is 19.6 Å². The Kier molecular flexibility index (Phi) is 3.88. The summed E-state index contributed by atoms with van der Waals surface area (Å²) >= 11 is 0. The number of carbonyl (C=O) groups excluding carboxylic acids is 2. The van der Waals surface area contributed by atoms with Gasteiger partial charge >= 0.3 is 5.97 Å². The third kappa shape index (κ3) is 2.70. The van der Waals surface area contributed by atoms with Gasteiger partial charge in [0.25, 0.3) is 0 Å². The molecule has 1 rings (SSSR count). The molecule has 80 valence electrons. The Balaban J connectivity index is 2.36. The molecule has 0 aromatic heterocycles. The summed E-state index contributed by atoms with van der Waals surface area (Å²) < 4.78 is 4.54. The Morgan fingerprint density at radius 2 is 2.43 bits per heavy atom. The van der Waals surface area contributed by atoms with Gasteiger partial charge in [-0.15, -0.1) is 0 Å². The highest BCUT2D eigenvalue weighted by molar-refractivity contribution is 5.82. The zero-order chi connectivity index (χ0) is 10.6. The quantitative estimate of drug-likeness (QED) is 0.616. The average Bonchev–Trinajstić information content (AvgIpc) is 2.20. The Morgan fingerprint density at radius 1 is 1.71 bits per heavy atom. The molecule has 1 fully saturated rings. The van der Waals surface area contributed by atoms with Crippen LogP contribution < -0.4 is 5.32 Å². The van der Waals surface area contributed by atoms with E-state index in [-0.39, 0.29) is 17.9 Å². The molecule has 1 aliphatic heterocycles. The van der Waals surface area contributed by atoms with Gasteiger partial charge in [0.2, 0.25) is 5.91 Å². The molecule has 0 bridgehead atoms. The highest BCUT2D eigenvalue weighted by Crippen LogP contribution is 2.04. The Morgan fingerprint density at radius 3 is 3.07 bits per heavy atom. The summed E-state index contributed by atoms with van der Waals surface area (Å²) in [4.78, 5) is 24.1. The van der Waals surface area contributed by atoms with E-state index in [4.69, 9.17) is 0 Å². The zero-order valence-electron chi connectivity index (χ0n) is 8.58. The van der Waals surface area contributed by atoms with Crippen LogP contribution in [-0.2, 0) is 14.3 Å². The van der Waals surface area contributed by atoms with Crippen molar-refractivity contribution < 1.29 is 14.3 Å². The molecule has 0 radical (unpaired) electrons. The molecule has 5 heteroatoms. The molecule has 0 saturated carbocycles. The molecule has 1 saturated heterocycles. The topological polar surface area (TPSA) is 58.6 Å². The van der Waals surface area contributed by atoms with Crippen LogP contribution in [0.2, 0.25) is 0 Å². The maximum Gasteiger partial charge on any atom is 0.306 e.